The van der Waals surface area contributed by atoms with Gasteiger partial charge in [-0.25, -0.2) is 14.3 Å². The van der Waals surface area contributed by atoms with Crippen molar-refractivity contribution in [1.82, 2.24) is 19.5 Å². The number of nitrogens with zero attached hydrogens (tertiary/aromatic N) is 4. The highest BCUT2D eigenvalue weighted by molar-refractivity contribution is 5.68. The highest BCUT2D eigenvalue weighted by atomic mass is 16.6. The quantitative estimate of drug-likeness (QED) is 0.637. The maximum atomic E-state index is 12.6. The van der Waals surface area contributed by atoms with Gasteiger partial charge in [-0.05, 0) is 63.9 Å². The van der Waals surface area contributed by atoms with Crippen LogP contribution < -0.4 is 4.74 Å². The van der Waals surface area contributed by atoms with Gasteiger partial charge in [0.25, 0.3) is 0 Å². The normalized spacial score (nSPS) is 17.2. The number of fused-ring (bicyclic) bond motifs is 1. The van der Waals surface area contributed by atoms with E-state index in [0.29, 0.717) is 6.54 Å². The van der Waals surface area contributed by atoms with E-state index in [1.165, 1.54) is 0 Å². The fourth-order valence-corrected chi connectivity index (χ4v) is 3.84. The van der Waals surface area contributed by atoms with Crippen molar-refractivity contribution in [2.24, 2.45) is 0 Å². The number of ether oxygens (including phenoxy) is 2. The van der Waals surface area contributed by atoms with Gasteiger partial charge in [0.05, 0.1) is 18.5 Å². The standard InChI is InChI=1S/C23H28N4O3/c1-23(2,3)30-22(28)26-13-5-6-17(15-26)20-11-12-24-21-14-19(25-27(20)21)16-7-9-18(29-4)10-8-16/h7-12,14,17H,5-6,13,15H2,1-4H3/t17-/m1/s1. The monoisotopic (exact) mass is 408 g/mol. The zero-order valence-corrected chi connectivity index (χ0v) is 18.0. The van der Waals surface area contributed by atoms with Gasteiger partial charge in [-0.1, -0.05) is 0 Å². The van der Waals surface area contributed by atoms with Crippen LogP contribution in [0.3, 0.4) is 0 Å². The van der Waals surface area contributed by atoms with Crippen molar-refractivity contribution in [3.05, 3.63) is 48.3 Å². The number of aromatic nitrogens is 3. The molecule has 3 heterocycles. The molecule has 1 amide bonds. The molecule has 0 spiro atoms. The van der Waals surface area contributed by atoms with Crippen LogP contribution in [0.4, 0.5) is 4.79 Å². The molecule has 1 aliphatic rings. The highest BCUT2D eigenvalue weighted by Crippen LogP contribution is 2.29. The lowest BCUT2D eigenvalue weighted by Crippen LogP contribution is -2.42. The number of piperidine rings is 1. The van der Waals surface area contributed by atoms with Crippen LogP contribution in [0.25, 0.3) is 16.9 Å². The van der Waals surface area contributed by atoms with E-state index in [1.807, 2.05) is 67.9 Å². The molecule has 1 fully saturated rings. The Balaban J connectivity index is 1.60. The summed E-state index contributed by atoms with van der Waals surface area (Å²) in [6, 6.07) is 11.8. The Kier molecular flexibility index (Phi) is 5.37. The Morgan fingerprint density at radius 1 is 1.17 bits per heavy atom. The molecule has 7 nitrogen and oxygen atoms in total. The van der Waals surface area contributed by atoms with E-state index in [4.69, 9.17) is 14.6 Å². The molecule has 1 atom stereocenters. The van der Waals surface area contributed by atoms with E-state index in [0.717, 1.165) is 47.7 Å². The molecule has 1 saturated heterocycles. The van der Waals surface area contributed by atoms with E-state index in [2.05, 4.69) is 4.98 Å². The molecule has 2 aromatic heterocycles. The van der Waals surface area contributed by atoms with Gasteiger partial charge in [0, 0.05) is 36.8 Å². The van der Waals surface area contributed by atoms with E-state index >= 15 is 0 Å². The van der Waals surface area contributed by atoms with Crippen LogP contribution >= 0.6 is 0 Å². The molecule has 1 aromatic carbocycles. The molecule has 4 rings (SSSR count). The number of likely N-dealkylation sites (tertiary alicyclic amines) is 1. The molecule has 7 heteroatoms. The largest absolute Gasteiger partial charge is 0.497 e. The zero-order chi connectivity index (χ0) is 21.3. The first kappa shape index (κ1) is 20.2. The second-order valence-electron chi connectivity index (χ2n) is 8.66. The summed E-state index contributed by atoms with van der Waals surface area (Å²) in [6.07, 6.45) is 3.49. The van der Waals surface area contributed by atoms with Gasteiger partial charge in [0.2, 0.25) is 0 Å². The summed E-state index contributed by atoms with van der Waals surface area (Å²) in [7, 11) is 1.65. The van der Waals surface area contributed by atoms with Crippen LogP contribution in [0.1, 0.15) is 45.2 Å². The van der Waals surface area contributed by atoms with Gasteiger partial charge < -0.3 is 14.4 Å². The fraction of sp³-hybridized carbons (Fsp3) is 0.435. The van der Waals surface area contributed by atoms with Gasteiger partial charge in [0.15, 0.2) is 5.65 Å². The molecular weight excluding hydrogens is 380 g/mol. The first-order valence-electron chi connectivity index (χ1n) is 10.3. The summed E-state index contributed by atoms with van der Waals surface area (Å²) in [5.41, 5.74) is 3.23. The Bertz CT molecular complexity index is 1040. The smallest absolute Gasteiger partial charge is 0.410 e. The molecule has 3 aromatic rings. The van der Waals surface area contributed by atoms with Gasteiger partial charge in [-0.3, -0.25) is 0 Å². The van der Waals surface area contributed by atoms with Crippen LogP contribution in [0.15, 0.2) is 42.6 Å². The van der Waals surface area contributed by atoms with E-state index in [1.54, 1.807) is 12.0 Å². The van der Waals surface area contributed by atoms with Crippen LogP contribution in [-0.4, -0.2) is 51.4 Å². The number of amides is 1. The van der Waals surface area contributed by atoms with Gasteiger partial charge in [-0.2, -0.15) is 5.10 Å². The lowest BCUT2D eigenvalue weighted by molar-refractivity contribution is 0.0196. The Labute approximate surface area is 176 Å². The lowest BCUT2D eigenvalue weighted by atomic mass is 9.95. The highest BCUT2D eigenvalue weighted by Gasteiger charge is 2.29. The van der Waals surface area contributed by atoms with Gasteiger partial charge >= 0.3 is 6.09 Å². The molecule has 0 aliphatic carbocycles. The van der Waals surface area contributed by atoms with Crippen LogP contribution in [0.5, 0.6) is 5.75 Å². The molecule has 0 bridgehead atoms. The average Bonchev–Trinajstić information content (AvgIpc) is 3.17. The molecule has 158 valence electrons. The molecular formula is C23H28N4O3. The first-order chi connectivity index (χ1) is 14.3. The molecule has 1 aliphatic heterocycles. The molecule has 0 radical (unpaired) electrons. The van der Waals surface area contributed by atoms with Crippen molar-refractivity contribution >= 4 is 11.7 Å². The SMILES string of the molecule is COc1ccc(-c2cc3nccc([C@@H]4CCCN(C(=O)OC(C)(C)C)C4)n3n2)cc1. The van der Waals surface area contributed by atoms with E-state index in [9.17, 15) is 4.79 Å². The minimum atomic E-state index is -0.497. The minimum absolute atomic E-state index is 0.181. The maximum absolute atomic E-state index is 12.6. The summed E-state index contributed by atoms with van der Waals surface area (Å²) in [5, 5.41) is 4.82. The minimum Gasteiger partial charge on any atom is -0.497 e. The summed E-state index contributed by atoms with van der Waals surface area (Å²) in [6.45, 7) is 7.01. The fourth-order valence-electron chi connectivity index (χ4n) is 3.84. The number of hydrogen-bond acceptors (Lipinski definition) is 5. The average molecular weight is 409 g/mol. The topological polar surface area (TPSA) is 69.0 Å². The zero-order valence-electron chi connectivity index (χ0n) is 18.0. The summed E-state index contributed by atoms with van der Waals surface area (Å²) in [4.78, 5) is 18.8. The third kappa shape index (κ3) is 4.25. The van der Waals surface area contributed by atoms with E-state index in [-0.39, 0.29) is 12.0 Å². The first-order valence-corrected chi connectivity index (χ1v) is 10.3. The summed E-state index contributed by atoms with van der Waals surface area (Å²) in [5.74, 6) is 0.992. The van der Waals surface area contributed by atoms with Gasteiger partial charge in [-0.15, -0.1) is 0 Å². The van der Waals surface area contributed by atoms with Crippen molar-refractivity contribution in [3.63, 3.8) is 0 Å². The van der Waals surface area contributed by atoms with E-state index < -0.39 is 5.60 Å². The van der Waals surface area contributed by atoms with Gasteiger partial charge in [0.1, 0.15) is 11.4 Å². The van der Waals surface area contributed by atoms with Crippen LogP contribution in [0.2, 0.25) is 0 Å². The maximum Gasteiger partial charge on any atom is 0.410 e. The number of carbonyl (C=O) groups is 1. The lowest BCUT2D eigenvalue weighted by Gasteiger charge is -2.34. The molecule has 30 heavy (non-hydrogen) atoms. The summed E-state index contributed by atoms with van der Waals surface area (Å²) >= 11 is 0. The van der Waals surface area contributed by atoms with Crippen molar-refractivity contribution in [2.75, 3.05) is 20.2 Å². The number of hydrogen-bond donors (Lipinski definition) is 0. The van der Waals surface area contributed by atoms with Crippen molar-refractivity contribution in [2.45, 2.75) is 45.1 Å². The molecule has 0 N–H and O–H groups in total. The number of rotatable bonds is 3. The predicted octanol–water partition coefficient (Wildman–Crippen LogP) is 4.52. The second kappa shape index (κ2) is 7.97. The van der Waals surface area contributed by atoms with Crippen molar-refractivity contribution in [3.8, 4) is 17.0 Å². The van der Waals surface area contributed by atoms with Crippen molar-refractivity contribution < 1.29 is 14.3 Å². The second-order valence-corrected chi connectivity index (χ2v) is 8.66. The van der Waals surface area contributed by atoms with Crippen molar-refractivity contribution in [1.29, 1.82) is 0 Å². The molecule has 0 unspecified atom stereocenters. The number of methoxy groups -OCH3 is 1. The third-order valence-electron chi connectivity index (χ3n) is 5.26. The third-order valence-corrected chi connectivity index (χ3v) is 5.26. The number of benzene rings is 1. The Hall–Kier alpha value is -3.09. The van der Waals surface area contributed by atoms with Crippen LogP contribution in [-0.2, 0) is 4.74 Å². The molecule has 0 saturated carbocycles. The summed E-state index contributed by atoms with van der Waals surface area (Å²) < 4.78 is 12.7. The number of carbonyl (C=O) groups excluding carboxylic acids is 1. The predicted molar refractivity (Wildman–Crippen MR) is 115 cm³/mol. The van der Waals surface area contributed by atoms with Crippen LogP contribution in [0, 0.1) is 0 Å². The Morgan fingerprint density at radius 3 is 2.63 bits per heavy atom. The Morgan fingerprint density at radius 2 is 1.93 bits per heavy atom.